The number of halogens is 1. The molecular weight excluding hydrogens is 358 g/mol. The van der Waals surface area contributed by atoms with E-state index in [9.17, 15) is 9.59 Å². The molecule has 0 saturated carbocycles. The van der Waals surface area contributed by atoms with E-state index in [4.69, 9.17) is 0 Å². The number of Topliss-reactive ketones (excluding diaryl/α,β-unsaturated/α-hetero) is 1. The number of amides is 1. The summed E-state index contributed by atoms with van der Waals surface area (Å²) in [6.07, 6.45) is 2.92. The normalized spacial score (nSPS) is 12.0. The molecule has 1 N–H and O–H groups in total. The van der Waals surface area contributed by atoms with E-state index in [1.54, 1.807) is 29.1 Å². The Morgan fingerprint density at radius 1 is 1.22 bits per heavy atom. The first-order valence-corrected chi connectivity index (χ1v) is 8.42. The summed E-state index contributed by atoms with van der Waals surface area (Å²) < 4.78 is 2.71. The van der Waals surface area contributed by atoms with Gasteiger partial charge >= 0.3 is 0 Å². The zero-order valence-electron chi connectivity index (χ0n) is 13.3. The molecule has 2 aromatic rings. The number of rotatable bonds is 7. The predicted octanol–water partition coefficient (Wildman–Crippen LogP) is 4.22. The van der Waals surface area contributed by atoms with Crippen LogP contribution in [0.2, 0.25) is 0 Å². The lowest BCUT2D eigenvalue weighted by molar-refractivity contribution is -0.116. The fraction of sp³-hybridized carbons (Fsp3) is 0.353. The molecule has 0 bridgehead atoms. The minimum Gasteiger partial charge on any atom is -0.311 e. The van der Waals surface area contributed by atoms with Gasteiger partial charge in [0.05, 0.1) is 12.2 Å². The molecule has 0 aliphatic rings. The predicted molar refractivity (Wildman–Crippen MR) is 93.6 cm³/mol. The molecular formula is C17H20BrN3O2. The Balaban J connectivity index is 1.89. The van der Waals surface area contributed by atoms with Gasteiger partial charge in [-0.3, -0.25) is 9.59 Å². The van der Waals surface area contributed by atoms with E-state index in [1.807, 2.05) is 19.1 Å². The van der Waals surface area contributed by atoms with E-state index in [0.29, 0.717) is 11.4 Å². The Hall–Kier alpha value is -1.95. The highest BCUT2D eigenvalue weighted by atomic mass is 79.9. The van der Waals surface area contributed by atoms with E-state index in [2.05, 4.69) is 33.3 Å². The van der Waals surface area contributed by atoms with Crippen LogP contribution < -0.4 is 5.32 Å². The van der Waals surface area contributed by atoms with Gasteiger partial charge in [0.2, 0.25) is 5.91 Å². The molecule has 1 heterocycles. The first kappa shape index (κ1) is 17.4. The lowest BCUT2D eigenvalue weighted by Crippen LogP contribution is -2.18. The van der Waals surface area contributed by atoms with Gasteiger partial charge in [0.25, 0.3) is 0 Å². The van der Waals surface area contributed by atoms with Gasteiger partial charge in [0.1, 0.15) is 5.82 Å². The van der Waals surface area contributed by atoms with Crippen LogP contribution in [0.4, 0.5) is 5.82 Å². The summed E-state index contributed by atoms with van der Waals surface area (Å²) >= 11 is 3.33. The third kappa shape index (κ3) is 4.76. The highest BCUT2D eigenvalue weighted by Gasteiger charge is 2.13. The van der Waals surface area contributed by atoms with Crippen LogP contribution in [0, 0.1) is 0 Å². The van der Waals surface area contributed by atoms with Gasteiger partial charge in [0, 0.05) is 28.9 Å². The minimum absolute atomic E-state index is 0.0388. The molecule has 1 aromatic carbocycles. The molecule has 0 spiro atoms. The van der Waals surface area contributed by atoms with Gasteiger partial charge in [0.15, 0.2) is 5.78 Å². The number of nitrogens with zero attached hydrogens (tertiary/aromatic N) is 2. The first-order valence-electron chi connectivity index (χ1n) is 7.63. The van der Waals surface area contributed by atoms with E-state index < -0.39 is 0 Å². The first-order chi connectivity index (χ1) is 11.0. The van der Waals surface area contributed by atoms with Crippen molar-refractivity contribution in [2.45, 2.75) is 39.2 Å². The molecule has 0 aliphatic heterocycles. The van der Waals surface area contributed by atoms with Crippen molar-refractivity contribution < 1.29 is 9.59 Å². The summed E-state index contributed by atoms with van der Waals surface area (Å²) in [5.74, 6) is 0.448. The molecule has 0 aliphatic carbocycles. The van der Waals surface area contributed by atoms with Crippen molar-refractivity contribution in [3.8, 4) is 0 Å². The zero-order valence-corrected chi connectivity index (χ0v) is 14.8. The summed E-state index contributed by atoms with van der Waals surface area (Å²) in [4.78, 5) is 24.1. The van der Waals surface area contributed by atoms with Crippen LogP contribution in [-0.4, -0.2) is 21.5 Å². The van der Waals surface area contributed by atoms with Crippen LogP contribution in [0.25, 0.3) is 0 Å². The lowest BCUT2D eigenvalue weighted by Gasteiger charge is -2.14. The van der Waals surface area contributed by atoms with Gasteiger partial charge in [-0.15, -0.1) is 0 Å². The number of benzene rings is 1. The third-order valence-electron chi connectivity index (χ3n) is 3.69. The molecule has 5 nitrogen and oxygen atoms in total. The van der Waals surface area contributed by atoms with Gasteiger partial charge < -0.3 is 5.32 Å². The van der Waals surface area contributed by atoms with E-state index in [0.717, 1.165) is 10.9 Å². The Bertz CT molecular complexity index is 679. The maximum absolute atomic E-state index is 12.1. The molecule has 1 atom stereocenters. The lowest BCUT2D eigenvalue weighted by atomic mass is 10.1. The maximum Gasteiger partial charge on any atom is 0.225 e. The molecule has 122 valence electrons. The molecule has 0 saturated heterocycles. The number of hydrogen-bond donors (Lipinski definition) is 1. The van der Waals surface area contributed by atoms with Crippen molar-refractivity contribution in [2.75, 3.05) is 5.32 Å². The number of carbonyl (C=O) groups is 2. The maximum atomic E-state index is 12.1. The summed E-state index contributed by atoms with van der Waals surface area (Å²) in [5, 5.41) is 7.05. The molecule has 0 radical (unpaired) electrons. The van der Waals surface area contributed by atoms with Crippen molar-refractivity contribution in [3.63, 3.8) is 0 Å². The molecule has 1 aromatic heterocycles. The van der Waals surface area contributed by atoms with Crippen molar-refractivity contribution in [3.05, 3.63) is 46.6 Å². The average molecular weight is 378 g/mol. The number of ketones is 1. The topological polar surface area (TPSA) is 64.0 Å². The Morgan fingerprint density at radius 3 is 2.57 bits per heavy atom. The van der Waals surface area contributed by atoms with Crippen LogP contribution in [0.3, 0.4) is 0 Å². The molecule has 6 heteroatoms. The minimum atomic E-state index is -0.180. The second-order valence-corrected chi connectivity index (χ2v) is 6.31. The molecule has 23 heavy (non-hydrogen) atoms. The third-order valence-corrected chi connectivity index (χ3v) is 4.22. The van der Waals surface area contributed by atoms with Crippen molar-refractivity contribution >= 4 is 33.4 Å². The molecule has 1 unspecified atom stereocenters. The van der Waals surface area contributed by atoms with Gasteiger partial charge in [-0.05, 0) is 25.5 Å². The van der Waals surface area contributed by atoms with Gasteiger partial charge in [-0.25, -0.2) is 4.68 Å². The fourth-order valence-corrected chi connectivity index (χ4v) is 2.41. The van der Waals surface area contributed by atoms with Crippen molar-refractivity contribution in [1.82, 2.24) is 9.78 Å². The number of anilines is 1. The van der Waals surface area contributed by atoms with Gasteiger partial charge in [-0.1, -0.05) is 35.0 Å². The SMILES string of the molecule is CCC(C)n1nccc1NC(=O)CCC(=O)c1ccc(Br)cc1. The van der Waals surface area contributed by atoms with Gasteiger partial charge in [-0.2, -0.15) is 5.10 Å². The van der Waals surface area contributed by atoms with Crippen LogP contribution >= 0.6 is 15.9 Å². The van der Waals surface area contributed by atoms with Crippen LogP contribution in [-0.2, 0) is 4.79 Å². The van der Waals surface area contributed by atoms with Crippen LogP contribution in [0.15, 0.2) is 41.0 Å². The van der Waals surface area contributed by atoms with Crippen molar-refractivity contribution in [1.29, 1.82) is 0 Å². The summed E-state index contributed by atoms with van der Waals surface area (Å²) in [6.45, 7) is 4.11. The zero-order chi connectivity index (χ0) is 16.8. The number of nitrogens with one attached hydrogen (secondary N) is 1. The fourth-order valence-electron chi connectivity index (χ4n) is 2.15. The smallest absolute Gasteiger partial charge is 0.225 e. The molecule has 0 fully saturated rings. The number of aromatic nitrogens is 2. The summed E-state index contributed by atoms with van der Waals surface area (Å²) in [6, 6.07) is 9.12. The second-order valence-electron chi connectivity index (χ2n) is 5.40. The van der Waals surface area contributed by atoms with Crippen LogP contribution in [0.5, 0.6) is 0 Å². The van der Waals surface area contributed by atoms with E-state index >= 15 is 0 Å². The van der Waals surface area contributed by atoms with E-state index in [1.165, 1.54) is 0 Å². The largest absolute Gasteiger partial charge is 0.311 e. The number of hydrogen-bond acceptors (Lipinski definition) is 3. The van der Waals surface area contributed by atoms with E-state index in [-0.39, 0.29) is 30.6 Å². The summed E-state index contributed by atoms with van der Waals surface area (Å²) in [7, 11) is 0. The highest BCUT2D eigenvalue weighted by Crippen LogP contribution is 2.17. The average Bonchev–Trinajstić information content (AvgIpc) is 3.00. The molecule has 1 amide bonds. The monoisotopic (exact) mass is 377 g/mol. The van der Waals surface area contributed by atoms with Crippen molar-refractivity contribution in [2.24, 2.45) is 0 Å². The molecule has 2 rings (SSSR count). The highest BCUT2D eigenvalue weighted by molar-refractivity contribution is 9.10. The standard InChI is InChI=1S/C17H20BrN3O2/c1-3-12(2)21-16(10-11-19-21)20-17(23)9-8-15(22)13-4-6-14(18)7-5-13/h4-7,10-12H,3,8-9H2,1-2H3,(H,20,23). The summed E-state index contributed by atoms with van der Waals surface area (Å²) in [5.41, 5.74) is 0.616. The quantitative estimate of drug-likeness (QED) is 0.734. The Morgan fingerprint density at radius 2 is 1.91 bits per heavy atom. The van der Waals surface area contributed by atoms with Crippen LogP contribution in [0.1, 0.15) is 49.5 Å². The second kappa shape index (κ2) is 8.06. The Labute approximate surface area is 144 Å². The Kier molecular flexibility index (Phi) is 6.10. The number of carbonyl (C=O) groups excluding carboxylic acids is 2.